The van der Waals surface area contributed by atoms with E-state index in [1.807, 2.05) is 0 Å². The molecule has 0 aliphatic heterocycles. The van der Waals surface area contributed by atoms with Crippen LogP contribution in [0.5, 0.6) is 11.8 Å². The number of hydrogen-bond donors (Lipinski definition) is 2. The molecular weight excluding hydrogens is 269 g/mol. The van der Waals surface area contributed by atoms with Gasteiger partial charge in [0.05, 0.1) is 0 Å². The van der Waals surface area contributed by atoms with Gasteiger partial charge in [0.2, 0.25) is 11.8 Å². The standard InChI is InChI=1S/C13H12FNO5/c1-8(9-2-4-10(14)5-3-9)19-13(18)20-15-11(16)6-7-12(15)17/h2-8,16-17H,1H3. The van der Waals surface area contributed by atoms with Crippen molar-refractivity contribution in [1.29, 1.82) is 0 Å². The number of aromatic nitrogens is 1. The number of nitrogens with zero attached hydrogens (tertiary/aromatic N) is 1. The van der Waals surface area contributed by atoms with Gasteiger partial charge in [-0.2, -0.15) is 0 Å². The molecule has 0 saturated carbocycles. The van der Waals surface area contributed by atoms with Crippen LogP contribution in [0, 0.1) is 5.82 Å². The zero-order valence-corrected chi connectivity index (χ0v) is 10.5. The molecule has 0 fully saturated rings. The molecule has 2 aromatic rings. The molecule has 0 amide bonds. The fraction of sp³-hybridized carbons (Fsp3) is 0.154. The van der Waals surface area contributed by atoms with E-state index in [0.717, 1.165) is 12.1 Å². The Labute approximate surface area is 113 Å². The molecule has 1 heterocycles. The van der Waals surface area contributed by atoms with E-state index < -0.39 is 29.8 Å². The van der Waals surface area contributed by atoms with Crippen LogP contribution < -0.4 is 4.84 Å². The van der Waals surface area contributed by atoms with Gasteiger partial charge >= 0.3 is 6.16 Å². The Kier molecular flexibility index (Phi) is 3.79. The molecule has 2 N–H and O–H groups in total. The van der Waals surface area contributed by atoms with Crippen LogP contribution in [0.4, 0.5) is 9.18 Å². The van der Waals surface area contributed by atoms with E-state index in [-0.39, 0.29) is 0 Å². The van der Waals surface area contributed by atoms with Crippen LogP contribution in [0.15, 0.2) is 36.4 Å². The number of hydrogen-bond acceptors (Lipinski definition) is 5. The molecule has 0 bridgehead atoms. The first-order valence-corrected chi connectivity index (χ1v) is 5.71. The van der Waals surface area contributed by atoms with Crippen molar-refractivity contribution in [3.8, 4) is 11.8 Å². The second kappa shape index (κ2) is 5.52. The number of carbonyl (C=O) groups is 1. The molecule has 1 atom stereocenters. The van der Waals surface area contributed by atoms with Gasteiger partial charge in [-0.25, -0.2) is 9.18 Å². The Morgan fingerprint density at radius 3 is 2.25 bits per heavy atom. The van der Waals surface area contributed by atoms with Gasteiger partial charge in [-0.3, -0.25) is 4.84 Å². The number of rotatable bonds is 3. The molecule has 7 heteroatoms. The maximum atomic E-state index is 12.8. The summed E-state index contributed by atoms with van der Waals surface area (Å²) in [5.41, 5.74) is 0.573. The number of benzene rings is 1. The van der Waals surface area contributed by atoms with Crippen LogP contribution in [-0.2, 0) is 4.74 Å². The summed E-state index contributed by atoms with van der Waals surface area (Å²) in [5.74, 6) is -1.30. The summed E-state index contributed by atoms with van der Waals surface area (Å²) in [6, 6.07) is 7.71. The van der Waals surface area contributed by atoms with Crippen LogP contribution in [0.1, 0.15) is 18.6 Å². The third-order valence-corrected chi connectivity index (χ3v) is 2.58. The molecule has 106 valence electrons. The molecule has 1 aromatic heterocycles. The minimum absolute atomic E-state index is 0.397. The topological polar surface area (TPSA) is 80.9 Å². The van der Waals surface area contributed by atoms with Crippen molar-refractivity contribution in [3.05, 3.63) is 47.8 Å². The Morgan fingerprint density at radius 1 is 1.15 bits per heavy atom. The summed E-state index contributed by atoms with van der Waals surface area (Å²) < 4.78 is 18.2. The van der Waals surface area contributed by atoms with Crippen molar-refractivity contribution < 1.29 is 29.0 Å². The van der Waals surface area contributed by atoms with Crippen LogP contribution in [0.25, 0.3) is 0 Å². The summed E-state index contributed by atoms with van der Waals surface area (Å²) >= 11 is 0. The highest BCUT2D eigenvalue weighted by atomic mass is 19.1. The minimum atomic E-state index is -1.12. The monoisotopic (exact) mass is 281 g/mol. The fourth-order valence-electron chi connectivity index (χ4n) is 1.54. The molecule has 1 unspecified atom stereocenters. The van der Waals surface area contributed by atoms with E-state index in [1.54, 1.807) is 6.92 Å². The predicted molar refractivity (Wildman–Crippen MR) is 65.6 cm³/mol. The molecule has 0 radical (unpaired) electrons. The number of carbonyl (C=O) groups excluding carboxylic acids is 1. The molecule has 20 heavy (non-hydrogen) atoms. The van der Waals surface area contributed by atoms with Crippen LogP contribution >= 0.6 is 0 Å². The number of ether oxygens (including phenoxy) is 1. The summed E-state index contributed by atoms with van der Waals surface area (Å²) in [5, 5.41) is 18.6. The smallest absolute Gasteiger partial charge is 0.492 e. The van der Waals surface area contributed by atoms with Crippen molar-refractivity contribution in [2.24, 2.45) is 0 Å². The lowest BCUT2D eigenvalue weighted by molar-refractivity contribution is 0.0134. The molecule has 0 spiro atoms. The maximum Gasteiger partial charge on any atom is 0.534 e. The highest BCUT2D eigenvalue weighted by Crippen LogP contribution is 2.21. The Bertz CT molecular complexity index is 588. The van der Waals surface area contributed by atoms with Crippen LogP contribution in [0.2, 0.25) is 0 Å². The molecular formula is C13H12FNO5. The first-order chi connectivity index (χ1) is 9.47. The van der Waals surface area contributed by atoms with Gasteiger partial charge in [-0.05, 0) is 24.6 Å². The molecule has 0 saturated heterocycles. The first kappa shape index (κ1) is 13.7. The third kappa shape index (κ3) is 3.00. The SMILES string of the molecule is CC(OC(=O)On1c(O)ccc1O)c1ccc(F)cc1. The average Bonchev–Trinajstić information content (AvgIpc) is 2.71. The minimum Gasteiger partial charge on any atom is -0.492 e. The normalized spacial score (nSPS) is 11.9. The lowest BCUT2D eigenvalue weighted by Crippen LogP contribution is -2.21. The third-order valence-electron chi connectivity index (χ3n) is 2.58. The first-order valence-electron chi connectivity index (χ1n) is 5.71. The zero-order chi connectivity index (χ0) is 14.7. The summed E-state index contributed by atoms with van der Waals surface area (Å²) in [4.78, 5) is 16.1. The second-order valence-corrected chi connectivity index (χ2v) is 4.00. The quantitative estimate of drug-likeness (QED) is 0.844. The van der Waals surface area contributed by atoms with Crippen LogP contribution in [0.3, 0.4) is 0 Å². The van der Waals surface area contributed by atoms with E-state index in [9.17, 15) is 19.4 Å². The Balaban J connectivity index is 1.99. The molecule has 2 rings (SSSR count). The van der Waals surface area contributed by atoms with Gasteiger partial charge < -0.3 is 14.9 Å². The second-order valence-electron chi connectivity index (χ2n) is 4.00. The Hall–Kier alpha value is -2.70. The lowest BCUT2D eigenvalue weighted by Gasteiger charge is -2.13. The highest BCUT2D eigenvalue weighted by Gasteiger charge is 2.17. The molecule has 0 aliphatic rings. The van der Waals surface area contributed by atoms with E-state index in [0.29, 0.717) is 10.3 Å². The van der Waals surface area contributed by atoms with Gasteiger partial charge in [-0.15, -0.1) is 4.73 Å². The predicted octanol–water partition coefficient (Wildman–Crippen LogP) is 2.36. The number of aromatic hydroxyl groups is 2. The van der Waals surface area contributed by atoms with Crippen molar-refractivity contribution in [2.45, 2.75) is 13.0 Å². The van der Waals surface area contributed by atoms with E-state index >= 15 is 0 Å². The Morgan fingerprint density at radius 2 is 1.70 bits per heavy atom. The van der Waals surface area contributed by atoms with Gasteiger partial charge in [0.1, 0.15) is 11.9 Å². The van der Waals surface area contributed by atoms with Gasteiger partial charge in [-0.1, -0.05) is 12.1 Å². The average molecular weight is 281 g/mol. The molecule has 0 aliphatic carbocycles. The lowest BCUT2D eigenvalue weighted by atomic mass is 10.1. The van der Waals surface area contributed by atoms with Crippen molar-refractivity contribution in [2.75, 3.05) is 0 Å². The van der Waals surface area contributed by atoms with Crippen molar-refractivity contribution >= 4 is 6.16 Å². The summed E-state index contributed by atoms with van der Waals surface area (Å²) in [6.07, 6.45) is -1.80. The van der Waals surface area contributed by atoms with Crippen molar-refractivity contribution in [1.82, 2.24) is 4.73 Å². The summed E-state index contributed by atoms with van der Waals surface area (Å²) in [7, 11) is 0. The van der Waals surface area contributed by atoms with E-state index in [2.05, 4.69) is 4.84 Å². The van der Waals surface area contributed by atoms with Crippen molar-refractivity contribution in [3.63, 3.8) is 0 Å². The molecule has 1 aromatic carbocycles. The highest BCUT2D eigenvalue weighted by molar-refractivity contribution is 5.61. The van der Waals surface area contributed by atoms with Gasteiger partial charge in [0.15, 0.2) is 0 Å². The van der Waals surface area contributed by atoms with Crippen LogP contribution in [-0.4, -0.2) is 21.1 Å². The number of halogens is 1. The fourth-order valence-corrected chi connectivity index (χ4v) is 1.54. The molecule has 6 nitrogen and oxygen atoms in total. The van der Waals surface area contributed by atoms with Gasteiger partial charge in [0, 0.05) is 12.1 Å². The van der Waals surface area contributed by atoms with Gasteiger partial charge in [0.25, 0.3) is 0 Å². The summed E-state index contributed by atoms with van der Waals surface area (Å²) in [6.45, 7) is 1.57. The maximum absolute atomic E-state index is 12.8. The van der Waals surface area contributed by atoms with E-state index in [1.165, 1.54) is 24.3 Å². The largest absolute Gasteiger partial charge is 0.534 e. The zero-order valence-electron chi connectivity index (χ0n) is 10.5. The van der Waals surface area contributed by atoms with E-state index in [4.69, 9.17) is 4.74 Å².